The molecule has 1 aromatic carbocycles. The second kappa shape index (κ2) is 6.21. The van der Waals surface area contributed by atoms with Gasteiger partial charge in [0.05, 0.1) is 0 Å². The largest absolute Gasteiger partial charge is 0.324 e. The Labute approximate surface area is 119 Å². The number of aryl methyl sites for hydroxylation is 1. The maximum Gasteiger partial charge on any atom is 0.0323 e. The first kappa shape index (κ1) is 14.1. The molecule has 1 aliphatic carbocycles. The molecule has 0 saturated heterocycles. The molecule has 1 unspecified atom stereocenters. The summed E-state index contributed by atoms with van der Waals surface area (Å²) in [6.07, 6.45) is 6.66. The summed E-state index contributed by atoms with van der Waals surface area (Å²) in [5, 5.41) is 0. The van der Waals surface area contributed by atoms with Gasteiger partial charge in [0.1, 0.15) is 0 Å². The SMILES string of the molecule is CCC1CCC(C(N)c2ccc(Br)c(C)c2)CC1. The van der Waals surface area contributed by atoms with Crippen LogP contribution in [0.5, 0.6) is 0 Å². The Hall–Kier alpha value is -0.340. The predicted octanol–water partition coefficient (Wildman–Crippen LogP) is 4.97. The molecule has 0 aromatic heterocycles. The Bertz CT molecular complexity index is 394. The maximum absolute atomic E-state index is 6.46. The van der Waals surface area contributed by atoms with Gasteiger partial charge >= 0.3 is 0 Å². The van der Waals surface area contributed by atoms with Gasteiger partial charge < -0.3 is 5.73 Å². The van der Waals surface area contributed by atoms with Gasteiger partial charge in [-0.05, 0) is 48.8 Å². The normalized spacial score (nSPS) is 26.0. The van der Waals surface area contributed by atoms with Crippen molar-refractivity contribution in [2.75, 3.05) is 0 Å². The zero-order chi connectivity index (χ0) is 13.1. The summed E-state index contributed by atoms with van der Waals surface area (Å²) < 4.78 is 1.17. The average molecular weight is 310 g/mol. The molecule has 0 radical (unpaired) electrons. The van der Waals surface area contributed by atoms with Crippen LogP contribution in [0.25, 0.3) is 0 Å². The van der Waals surface area contributed by atoms with Crippen molar-refractivity contribution in [3.05, 3.63) is 33.8 Å². The van der Waals surface area contributed by atoms with Gasteiger partial charge in [0, 0.05) is 10.5 Å². The molecule has 1 saturated carbocycles. The summed E-state index contributed by atoms with van der Waals surface area (Å²) in [6.45, 7) is 4.44. The second-order valence-corrected chi connectivity index (χ2v) is 6.58. The summed E-state index contributed by atoms with van der Waals surface area (Å²) in [7, 11) is 0. The van der Waals surface area contributed by atoms with Gasteiger partial charge in [-0.15, -0.1) is 0 Å². The Morgan fingerprint density at radius 3 is 2.50 bits per heavy atom. The molecule has 1 aliphatic rings. The van der Waals surface area contributed by atoms with E-state index < -0.39 is 0 Å². The number of benzene rings is 1. The minimum atomic E-state index is 0.217. The Morgan fingerprint density at radius 1 is 1.28 bits per heavy atom. The number of nitrogens with two attached hydrogens (primary N) is 1. The fourth-order valence-corrected chi connectivity index (χ4v) is 3.35. The van der Waals surface area contributed by atoms with Crippen LogP contribution in [0.3, 0.4) is 0 Å². The lowest BCUT2D eigenvalue weighted by Crippen LogP contribution is -2.26. The molecule has 0 spiro atoms. The summed E-state index contributed by atoms with van der Waals surface area (Å²) in [6, 6.07) is 6.76. The quantitative estimate of drug-likeness (QED) is 0.837. The topological polar surface area (TPSA) is 26.0 Å². The first-order chi connectivity index (χ1) is 8.61. The summed E-state index contributed by atoms with van der Waals surface area (Å²) in [5.41, 5.74) is 9.04. The average Bonchev–Trinajstić information content (AvgIpc) is 2.41. The van der Waals surface area contributed by atoms with Crippen molar-refractivity contribution in [3.8, 4) is 0 Å². The van der Waals surface area contributed by atoms with Gasteiger partial charge in [0.25, 0.3) is 0 Å². The Morgan fingerprint density at radius 2 is 1.94 bits per heavy atom. The lowest BCUT2D eigenvalue weighted by molar-refractivity contribution is 0.240. The first-order valence-electron chi connectivity index (χ1n) is 7.13. The van der Waals surface area contributed by atoms with Gasteiger partial charge in [0.15, 0.2) is 0 Å². The third-order valence-corrected chi connectivity index (χ3v) is 5.43. The van der Waals surface area contributed by atoms with Crippen LogP contribution < -0.4 is 5.73 Å². The molecule has 100 valence electrons. The van der Waals surface area contributed by atoms with Gasteiger partial charge in [-0.3, -0.25) is 0 Å². The van der Waals surface area contributed by atoms with E-state index in [2.05, 4.69) is 48.0 Å². The predicted molar refractivity (Wildman–Crippen MR) is 81.5 cm³/mol. The van der Waals surface area contributed by atoms with E-state index in [1.807, 2.05) is 0 Å². The van der Waals surface area contributed by atoms with Crippen molar-refractivity contribution < 1.29 is 0 Å². The molecular weight excluding hydrogens is 286 g/mol. The standard InChI is InChI=1S/C16H24BrN/c1-3-12-4-6-13(7-5-12)16(18)14-8-9-15(17)11(2)10-14/h8-10,12-13,16H,3-7,18H2,1-2H3. The highest BCUT2D eigenvalue weighted by molar-refractivity contribution is 9.10. The number of hydrogen-bond donors (Lipinski definition) is 1. The van der Waals surface area contributed by atoms with Crippen LogP contribution in [0, 0.1) is 18.8 Å². The van der Waals surface area contributed by atoms with Gasteiger partial charge in [0.2, 0.25) is 0 Å². The first-order valence-corrected chi connectivity index (χ1v) is 7.92. The highest BCUT2D eigenvalue weighted by Gasteiger charge is 2.25. The molecule has 1 aromatic rings. The lowest BCUT2D eigenvalue weighted by Gasteiger charge is -2.32. The van der Waals surface area contributed by atoms with Crippen molar-refractivity contribution in [1.29, 1.82) is 0 Å². The van der Waals surface area contributed by atoms with Crippen molar-refractivity contribution >= 4 is 15.9 Å². The fourth-order valence-electron chi connectivity index (χ4n) is 3.10. The Kier molecular flexibility index (Phi) is 4.85. The summed E-state index contributed by atoms with van der Waals surface area (Å²) in [5.74, 6) is 1.62. The minimum absolute atomic E-state index is 0.217. The lowest BCUT2D eigenvalue weighted by atomic mass is 9.76. The molecule has 1 fully saturated rings. The molecule has 18 heavy (non-hydrogen) atoms. The molecule has 2 N–H and O–H groups in total. The molecule has 0 amide bonds. The fraction of sp³-hybridized carbons (Fsp3) is 0.625. The van der Waals surface area contributed by atoms with Crippen LogP contribution in [0.4, 0.5) is 0 Å². The number of hydrogen-bond acceptors (Lipinski definition) is 1. The highest BCUT2D eigenvalue weighted by Crippen LogP contribution is 2.37. The Balaban J connectivity index is 2.03. The molecule has 0 bridgehead atoms. The summed E-state index contributed by atoms with van der Waals surface area (Å²) in [4.78, 5) is 0. The van der Waals surface area contributed by atoms with E-state index in [1.54, 1.807) is 0 Å². The van der Waals surface area contributed by atoms with E-state index in [0.717, 1.165) is 5.92 Å². The van der Waals surface area contributed by atoms with Crippen LogP contribution in [0.1, 0.15) is 56.2 Å². The van der Waals surface area contributed by atoms with E-state index >= 15 is 0 Å². The molecule has 1 atom stereocenters. The molecule has 2 heteroatoms. The van der Waals surface area contributed by atoms with Crippen molar-refractivity contribution in [1.82, 2.24) is 0 Å². The van der Waals surface area contributed by atoms with Gasteiger partial charge in [-0.25, -0.2) is 0 Å². The van der Waals surface area contributed by atoms with Crippen LogP contribution in [-0.4, -0.2) is 0 Å². The molecule has 0 heterocycles. The highest BCUT2D eigenvalue weighted by atomic mass is 79.9. The van der Waals surface area contributed by atoms with Crippen molar-refractivity contribution in [2.24, 2.45) is 17.6 Å². The third-order valence-electron chi connectivity index (χ3n) is 4.54. The molecule has 0 aliphatic heterocycles. The molecule has 1 nitrogen and oxygen atoms in total. The molecule has 2 rings (SSSR count). The van der Waals surface area contributed by atoms with E-state index in [0.29, 0.717) is 5.92 Å². The zero-order valence-corrected chi connectivity index (χ0v) is 13.0. The second-order valence-electron chi connectivity index (χ2n) is 5.72. The van der Waals surface area contributed by atoms with Crippen LogP contribution in [0.15, 0.2) is 22.7 Å². The monoisotopic (exact) mass is 309 g/mol. The zero-order valence-electron chi connectivity index (χ0n) is 11.5. The van der Waals surface area contributed by atoms with Crippen LogP contribution in [0.2, 0.25) is 0 Å². The smallest absolute Gasteiger partial charge is 0.0323 e. The van der Waals surface area contributed by atoms with Gasteiger partial charge in [-0.1, -0.05) is 54.2 Å². The number of halogens is 1. The van der Waals surface area contributed by atoms with Crippen LogP contribution in [-0.2, 0) is 0 Å². The van der Waals surface area contributed by atoms with Crippen molar-refractivity contribution in [2.45, 2.75) is 52.0 Å². The van der Waals surface area contributed by atoms with Crippen molar-refractivity contribution in [3.63, 3.8) is 0 Å². The van der Waals surface area contributed by atoms with Gasteiger partial charge in [-0.2, -0.15) is 0 Å². The molecular formula is C16H24BrN. The third kappa shape index (κ3) is 3.16. The van der Waals surface area contributed by atoms with E-state index in [1.165, 1.54) is 47.7 Å². The van der Waals surface area contributed by atoms with E-state index in [4.69, 9.17) is 5.73 Å². The maximum atomic E-state index is 6.46. The van der Waals surface area contributed by atoms with E-state index in [9.17, 15) is 0 Å². The van der Waals surface area contributed by atoms with Crippen LogP contribution >= 0.6 is 15.9 Å². The number of rotatable bonds is 3. The minimum Gasteiger partial charge on any atom is -0.324 e. The summed E-state index contributed by atoms with van der Waals surface area (Å²) >= 11 is 3.55. The van der Waals surface area contributed by atoms with E-state index in [-0.39, 0.29) is 6.04 Å².